The maximum atomic E-state index is 4.72. The van der Waals surface area contributed by atoms with Crippen LogP contribution in [0, 0.1) is 0 Å². The predicted molar refractivity (Wildman–Crippen MR) is 51.4 cm³/mol. The highest BCUT2D eigenvalue weighted by Gasteiger charge is 2.03. The molecule has 1 aromatic rings. The molecule has 0 radical (unpaired) electrons. The molecule has 1 aromatic heterocycles. The van der Waals surface area contributed by atoms with Crippen LogP contribution in [0.3, 0.4) is 0 Å². The average Bonchev–Trinajstić information content (AvgIpc) is 2.56. The van der Waals surface area contributed by atoms with E-state index in [1.165, 1.54) is 0 Å². The van der Waals surface area contributed by atoms with Gasteiger partial charge in [0, 0.05) is 24.7 Å². The molecule has 0 fully saturated rings. The molecular formula is C9H17N3O. The van der Waals surface area contributed by atoms with Crippen molar-refractivity contribution in [3.63, 3.8) is 0 Å². The van der Waals surface area contributed by atoms with E-state index in [-0.39, 0.29) is 0 Å². The largest absolute Gasteiger partial charge is 0.364 e. The van der Waals surface area contributed by atoms with E-state index in [9.17, 15) is 0 Å². The zero-order chi connectivity index (χ0) is 9.68. The van der Waals surface area contributed by atoms with E-state index in [1.807, 2.05) is 0 Å². The van der Waals surface area contributed by atoms with Crippen molar-refractivity contribution in [1.82, 2.24) is 15.4 Å². The zero-order valence-corrected chi connectivity index (χ0v) is 8.45. The number of hydrogen-bond donors (Lipinski definition) is 1. The summed E-state index contributed by atoms with van der Waals surface area (Å²) in [4.78, 5) is 2.18. The molecule has 1 heterocycles. The molecule has 1 N–H and O–H groups in total. The van der Waals surface area contributed by atoms with Crippen LogP contribution in [-0.2, 0) is 6.54 Å². The van der Waals surface area contributed by atoms with E-state index >= 15 is 0 Å². The lowest BCUT2D eigenvalue weighted by Gasteiger charge is -2.19. The topological polar surface area (TPSA) is 41.3 Å². The summed E-state index contributed by atoms with van der Waals surface area (Å²) >= 11 is 0. The second kappa shape index (κ2) is 4.99. The Balaban J connectivity index is 2.14. The first-order valence-corrected chi connectivity index (χ1v) is 4.45. The lowest BCUT2D eigenvalue weighted by Crippen LogP contribution is -2.35. The number of nitrogens with one attached hydrogen (secondary N) is 1. The van der Waals surface area contributed by atoms with Gasteiger partial charge in [0.15, 0.2) is 0 Å². The Labute approximate surface area is 78.9 Å². The first-order chi connectivity index (χ1) is 6.20. The molecule has 0 aromatic carbocycles. The third-order valence-electron chi connectivity index (χ3n) is 2.13. The highest BCUT2D eigenvalue weighted by atomic mass is 16.5. The summed E-state index contributed by atoms with van der Waals surface area (Å²) in [5.74, 6) is 0. The third-order valence-corrected chi connectivity index (χ3v) is 2.13. The predicted octanol–water partition coefficient (Wildman–Crippen LogP) is 0.714. The van der Waals surface area contributed by atoms with Gasteiger partial charge in [-0.1, -0.05) is 5.16 Å². The van der Waals surface area contributed by atoms with Crippen molar-refractivity contribution in [2.45, 2.75) is 19.5 Å². The number of hydrogen-bond acceptors (Lipinski definition) is 4. The number of rotatable bonds is 5. The van der Waals surface area contributed by atoms with Crippen LogP contribution in [0.1, 0.15) is 12.5 Å². The number of aromatic nitrogens is 1. The van der Waals surface area contributed by atoms with Gasteiger partial charge in [-0.15, -0.1) is 0 Å². The summed E-state index contributed by atoms with van der Waals surface area (Å²) in [5.41, 5.74) is 1.09. The van der Waals surface area contributed by atoms with Crippen LogP contribution in [0.5, 0.6) is 0 Å². The molecule has 1 atom stereocenters. The summed E-state index contributed by atoms with van der Waals surface area (Å²) in [6.07, 6.45) is 3.39. The van der Waals surface area contributed by atoms with E-state index in [4.69, 9.17) is 4.52 Å². The third kappa shape index (κ3) is 3.57. The highest BCUT2D eigenvalue weighted by molar-refractivity contribution is 4.99. The molecule has 0 aliphatic rings. The van der Waals surface area contributed by atoms with E-state index < -0.39 is 0 Å². The van der Waals surface area contributed by atoms with Crippen molar-refractivity contribution in [2.75, 3.05) is 20.6 Å². The van der Waals surface area contributed by atoms with E-state index in [1.54, 1.807) is 12.5 Å². The fourth-order valence-corrected chi connectivity index (χ4v) is 0.922. The van der Waals surface area contributed by atoms with Crippen molar-refractivity contribution in [3.8, 4) is 0 Å². The van der Waals surface area contributed by atoms with Gasteiger partial charge in [0.25, 0.3) is 0 Å². The smallest absolute Gasteiger partial charge is 0.128 e. The monoisotopic (exact) mass is 183 g/mol. The Morgan fingerprint density at radius 2 is 2.38 bits per heavy atom. The van der Waals surface area contributed by atoms with E-state index in [0.29, 0.717) is 6.04 Å². The number of nitrogens with zero attached hydrogens (tertiary/aromatic N) is 2. The molecule has 1 rings (SSSR count). The Morgan fingerprint density at radius 1 is 1.62 bits per heavy atom. The van der Waals surface area contributed by atoms with Gasteiger partial charge >= 0.3 is 0 Å². The number of likely N-dealkylation sites (N-methyl/N-ethyl adjacent to an activating group) is 1. The maximum Gasteiger partial charge on any atom is 0.128 e. The molecule has 13 heavy (non-hydrogen) atoms. The summed E-state index contributed by atoms with van der Waals surface area (Å²) in [6.45, 7) is 3.97. The van der Waals surface area contributed by atoms with Gasteiger partial charge in [-0.2, -0.15) is 0 Å². The molecule has 0 saturated carbocycles. The van der Waals surface area contributed by atoms with Gasteiger partial charge < -0.3 is 14.7 Å². The van der Waals surface area contributed by atoms with Crippen LogP contribution in [0.4, 0.5) is 0 Å². The minimum atomic E-state index is 0.542. The van der Waals surface area contributed by atoms with E-state index in [0.717, 1.165) is 18.7 Å². The van der Waals surface area contributed by atoms with Gasteiger partial charge in [-0.25, -0.2) is 0 Å². The fraction of sp³-hybridized carbons (Fsp3) is 0.667. The summed E-state index contributed by atoms with van der Waals surface area (Å²) in [7, 11) is 4.15. The molecule has 74 valence electrons. The summed E-state index contributed by atoms with van der Waals surface area (Å²) in [6, 6.07) is 0.542. The lowest BCUT2D eigenvalue weighted by molar-refractivity contribution is 0.302. The zero-order valence-electron chi connectivity index (χ0n) is 8.45. The first kappa shape index (κ1) is 10.2. The Bertz CT molecular complexity index is 221. The van der Waals surface area contributed by atoms with Crippen molar-refractivity contribution in [3.05, 3.63) is 18.0 Å². The molecular weight excluding hydrogens is 166 g/mol. The SMILES string of the molecule is CC(CNCc1cnoc1)N(C)C. The van der Waals surface area contributed by atoms with Crippen molar-refractivity contribution in [2.24, 2.45) is 0 Å². The normalized spacial score (nSPS) is 13.5. The maximum absolute atomic E-state index is 4.72. The second-order valence-corrected chi connectivity index (χ2v) is 3.48. The standard InChI is InChI=1S/C9H17N3O/c1-8(12(2)3)4-10-5-9-6-11-13-7-9/h6-8,10H,4-5H2,1-3H3. The second-order valence-electron chi connectivity index (χ2n) is 3.48. The minimum Gasteiger partial charge on any atom is -0.364 e. The molecule has 0 amide bonds. The van der Waals surface area contributed by atoms with Gasteiger partial charge in [-0.3, -0.25) is 0 Å². The van der Waals surface area contributed by atoms with Crippen LogP contribution >= 0.6 is 0 Å². The van der Waals surface area contributed by atoms with Crippen molar-refractivity contribution in [1.29, 1.82) is 0 Å². The Kier molecular flexibility index (Phi) is 3.92. The van der Waals surface area contributed by atoms with Crippen molar-refractivity contribution < 1.29 is 4.52 Å². The van der Waals surface area contributed by atoms with Crippen LogP contribution in [0.15, 0.2) is 17.0 Å². The van der Waals surface area contributed by atoms with Gasteiger partial charge in [0.1, 0.15) is 6.26 Å². The van der Waals surface area contributed by atoms with E-state index in [2.05, 4.69) is 36.4 Å². The molecule has 1 unspecified atom stereocenters. The van der Waals surface area contributed by atoms with Crippen LogP contribution in [0.25, 0.3) is 0 Å². The van der Waals surface area contributed by atoms with Gasteiger partial charge in [0.05, 0.1) is 6.20 Å². The molecule has 4 nitrogen and oxygen atoms in total. The molecule has 0 aliphatic carbocycles. The average molecular weight is 183 g/mol. The van der Waals surface area contributed by atoms with Crippen LogP contribution < -0.4 is 5.32 Å². The van der Waals surface area contributed by atoms with Gasteiger partial charge in [-0.05, 0) is 21.0 Å². The Morgan fingerprint density at radius 3 is 2.92 bits per heavy atom. The fourth-order valence-electron chi connectivity index (χ4n) is 0.922. The molecule has 0 saturated heterocycles. The Hall–Kier alpha value is -0.870. The van der Waals surface area contributed by atoms with Gasteiger partial charge in [0.2, 0.25) is 0 Å². The van der Waals surface area contributed by atoms with Crippen molar-refractivity contribution >= 4 is 0 Å². The molecule has 4 heteroatoms. The quantitative estimate of drug-likeness (QED) is 0.730. The van der Waals surface area contributed by atoms with Crippen LogP contribution in [0.2, 0.25) is 0 Å². The summed E-state index contributed by atoms with van der Waals surface area (Å²) < 4.78 is 4.72. The molecule has 0 aliphatic heterocycles. The molecule has 0 bridgehead atoms. The molecule has 0 spiro atoms. The summed E-state index contributed by atoms with van der Waals surface area (Å²) in [5, 5.41) is 6.96. The minimum absolute atomic E-state index is 0.542. The lowest BCUT2D eigenvalue weighted by atomic mass is 10.3. The highest BCUT2D eigenvalue weighted by Crippen LogP contribution is 1.95. The first-order valence-electron chi connectivity index (χ1n) is 4.45. The van der Waals surface area contributed by atoms with Crippen LogP contribution in [-0.4, -0.2) is 36.7 Å².